The highest BCUT2D eigenvalue weighted by atomic mass is 35.5. The van der Waals surface area contributed by atoms with Gasteiger partial charge in [0.15, 0.2) is 0 Å². The molecule has 3 nitrogen and oxygen atoms in total. The summed E-state index contributed by atoms with van der Waals surface area (Å²) in [5.74, 6) is -0.392. The van der Waals surface area contributed by atoms with Gasteiger partial charge < -0.3 is 16.0 Å². The van der Waals surface area contributed by atoms with Crippen molar-refractivity contribution in [3.05, 3.63) is 82.6 Å². The summed E-state index contributed by atoms with van der Waals surface area (Å²) in [5.41, 5.74) is 5.87. The lowest BCUT2D eigenvalue weighted by atomic mass is 10.1. The predicted octanol–water partition coefficient (Wildman–Crippen LogP) is 6.96. The first kappa shape index (κ1) is 24.1. The van der Waals surface area contributed by atoms with Crippen molar-refractivity contribution in [1.29, 1.82) is 0 Å². The van der Waals surface area contributed by atoms with Crippen LogP contribution in [0.2, 0.25) is 5.02 Å². The number of hydrogen-bond donors (Lipinski definition) is 3. The third-order valence-corrected chi connectivity index (χ3v) is 5.89. The minimum Gasteiger partial charge on any atom is -0.388 e. The van der Waals surface area contributed by atoms with Crippen molar-refractivity contribution in [3.8, 4) is 0 Å². The normalized spacial score (nSPS) is 20.3. The zero-order valence-corrected chi connectivity index (χ0v) is 19.8. The van der Waals surface area contributed by atoms with Gasteiger partial charge >= 0.3 is 0 Å². The number of alkyl halides is 1. The number of anilines is 1. The third-order valence-electron chi connectivity index (χ3n) is 5.09. The second-order valence-corrected chi connectivity index (χ2v) is 9.35. The van der Waals surface area contributed by atoms with Crippen molar-refractivity contribution in [3.63, 3.8) is 0 Å². The lowest BCUT2D eigenvalue weighted by molar-refractivity contribution is 0.628. The van der Waals surface area contributed by atoms with E-state index in [0.29, 0.717) is 16.9 Å². The Morgan fingerprint density at radius 3 is 2.30 bits per heavy atom. The lowest BCUT2D eigenvalue weighted by Gasteiger charge is -2.18. The molecule has 1 aromatic rings. The molecule has 0 spiro atoms. The highest BCUT2D eigenvalue weighted by molar-refractivity contribution is 6.32. The largest absolute Gasteiger partial charge is 0.388 e. The molecule has 0 saturated heterocycles. The van der Waals surface area contributed by atoms with Gasteiger partial charge in [-0.05, 0) is 57.9 Å². The molecule has 1 fully saturated rings. The fourth-order valence-electron chi connectivity index (χ4n) is 3.07. The van der Waals surface area contributed by atoms with Crippen LogP contribution in [0.25, 0.3) is 5.70 Å². The first-order valence-electron chi connectivity index (χ1n) is 9.70. The summed E-state index contributed by atoms with van der Waals surface area (Å²) in [5, 5.41) is 9.54. The van der Waals surface area contributed by atoms with Crippen LogP contribution in [0.3, 0.4) is 0 Å². The monoisotopic (exact) mass is 449 g/mol. The SMILES string of the molecule is C=C(C)/C(=C\C(NC(=C)c1cc(NC(=C)C2CC2(C)Cl)cc(F)c1Cl)=C(C)C)NC. The van der Waals surface area contributed by atoms with E-state index in [1.165, 1.54) is 6.07 Å². The van der Waals surface area contributed by atoms with Gasteiger partial charge in [0.25, 0.3) is 0 Å². The molecule has 6 heteroatoms. The Morgan fingerprint density at radius 1 is 1.23 bits per heavy atom. The van der Waals surface area contributed by atoms with Crippen LogP contribution < -0.4 is 16.0 Å². The van der Waals surface area contributed by atoms with Gasteiger partial charge in [-0.3, -0.25) is 0 Å². The Labute approximate surface area is 189 Å². The Kier molecular flexibility index (Phi) is 7.49. The molecule has 0 amide bonds. The maximum absolute atomic E-state index is 14.5. The van der Waals surface area contributed by atoms with Crippen LogP contribution in [0.5, 0.6) is 0 Å². The van der Waals surface area contributed by atoms with Gasteiger partial charge in [0.1, 0.15) is 5.82 Å². The molecule has 30 heavy (non-hydrogen) atoms. The molecule has 2 rings (SSSR count). The number of hydrogen-bond acceptors (Lipinski definition) is 3. The van der Waals surface area contributed by atoms with Crippen LogP contribution >= 0.6 is 23.2 Å². The first-order valence-corrected chi connectivity index (χ1v) is 10.5. The van der Waals surface area contributed by atoms with E-state index in [-0.39, 0.29) is 15.8 Å². The minimum atomic E-state index is -0.538. The topological polar surface area (TPSA) is 36.1 Å². The fourth-order valence-corrected chi connectivity index (χ4v) is 3.58. The highest BCUT2D eigenvalue weighted by Gasteiger charge is 2.50. The van der Waals surface area contributed by atoms with Gasteiger partial charge in [-0.15, -0.1) is 11.6 Å². The van der Waals surface area contributed by atoms with Gasteiger partial charge in [0, 0.05) is 47.0 Å². The Morgan fingerprint density at radius 2 is 1.83 bits per heavy atom. The first-order chi connectivity index (χ1) is 13.9. The van der Waals surface area contributed by atoms with E-state index in [4.69, 9.17) is 23.2 Å². The van der Waals surface area contributed by atoms with Gasteiger partial charge in [-0.1, -0.05) is 36.9 Å². The average molecular weight is 450 g/mol. The molecule has 2 atom stereocenters. The zero-order chi connectivity index (χ0) is 22.8. The summed E-state index contributed by atoms with van der Waals surface area (Å²) < 4.78 is 14.5. The second-order valence-electron chi connectivity index (χ2n) is 8.11. The number of halogens is 3. The standard InChI is InChI=1S/C24H30Cl2FN3/c1-13(2)21(28-8)11-22(14(3)4)30-15(5)18-9-17(10-20(27)23(18)25)29-16(6)19-12-24(19,7)26/h9-11,19,28-30H,1,5-6,12H2,2-4,7-8H3/b21-11+. The van der Waals surface area contributed by atoms with Crippen LogP contribution in [0.15, 0.2) is 66.2 Å². The molecule has 1 aromatic carbocycles. The van der Waals surface area contributed by atoms with E-state index in [2.05, 4.69) is 35.7 Å². The molecule has 1 aliphatic rings. The third kappa shape index (κ3) is 5.71. The van der Waals surface area contributed by atoms with Crippen molar-refractivity contribution in [2.24, 2.45) is 5.92 Å². The van der Waals surface area contributed by atoms with Crippen molar-refractivity contribution in [2.45, 2.75) is 39.0 Å². The van der Waals surface area contributed by atoms with Gasteiger partial charge in [-0.2, -0.15) is 0 Å². The number of nitrogens with one attached hydrogen (secondary N) is 3. The quantitative estimate of drug-likeness (QED) is 0.281. The molecule has 0 radical (unpaired) electrons. The average Bonchev–Trinajstić information content (AvgIpc) is 3.29. The van der Waals surface area contributed by atoms with Gasteiger partial charge in [0.2, 0.25) is 0 Å². The molecule has 2 unspecified atom stereocenters. The zero-order valence-electron chi connectivity index (χ0n) is 18.3. The lowest BCUT2D eigenvalue weighted by Crippen LogP contribution is -2.15. The summed E-state index contributed by atoms with van der Waals surface area (Å²) >= 11 is 12.6. The molecule has 0 aromatic heterocycles. The number of rotatable bonds is 9. The molecule has 0 bridgehead atoms. The Hall–Kier alpha value is -2.17. The van der Waals surface area contributed by atoms with Crippen molar-refractivity contribution in [2.75, 3.05) is 12.4 Å². The van der Waals surface area contributed by atoms with E-state index in [0.717, 1.165) is 34.7 Å². The maximum Gasteiger partial charge on any atom is 0.144 e. The molecular weight excluding hydrogens is 420 g/mol. The summed E-state index contributed by atoms with van der Waals surface area (Å²) in [7, 11) is 1.83. The summed E-state index contributed by atoms with van der Waals surface area (Å²) in [6.45, 7) is 19.9. The fraction of sp³-hybridized carbons (Fsp3) is 0.333. The molecule has 1 aliphatic carbocycles. The second kappa shape index (κ2) is 9.32. The Bertz CT molecular complexity index is 953. The molecule has 3 N–H and O–H groups in total. The van der Waals surface area contributed by atoms with Crippen molar-refractivity contribution in [1.82, 2.24) is 10.6 Å². The molecule has 0 aliphatic heterocycles. The minimum absolute atomic E-state index is 0.00286. The van der Waals surface area contributed by atoms with Crippen LogP contribution in [0.1, 0.15) is 39.7 Å². The van der Waals surface area contributed by atoms with Crippen LogP contribution in [-0.2, 0) is 0 Å². The molecule has 1 saturated carbocycles. The number of benzene rings is 1. The summed E-state index contributed by atoms with van der Waals surface area (Å²) in [6, 6.07) is 3.10. The molecule has 0 heterocycles. The number of allylic oxidation sites excluding steroid dienone is 4. The van der Waals surface area contributed by atoms with Crippen LogP contribution in [-0.4, -0.2) is 11.9 Å². The van der Waals surface area contributed by atoms with E-state index >= 15 is 0 Å². The van der Waals surface area contributed by atoms with Crippen molar-refractivity contribution < 1.29 is 4.39 Å². The van der Waals surface area contributed by atoms with Gasteiger partial charge in [0.05, 0.1) is 9.90 Å². The predicted molar refractivity (Wildman–Crippen MR) is 129 cm³/mol. The molecular formula is C24H30Cl2FN3. The van der Waals surface area contributed by atoms with Crippen LogP contribution in [0, 0.1) is 11.7 Å². The van der Waals surface area contributed by atoms with E-state index in [1.807, 2.05) is 40.8 Å². The van der Waals surface area contributed by atoms with Crippen molar-refractivity contribution >= 4 is 34.6 Å². The summed E-state index contributed by atoms with van der Waals surface area (Å²) in [4.78, 5) is -0.290. The Balaban J connectivity index is 2.30. The van der Waals surface area contributed by atoms with E-state index < -0.39 is 5.82 Å². The summed E-state index contributed by atoms with van der Waals surface area (Å²) in [6.07, 6.45) is 2.77. The number of likely N-dealkylation sites (N-methyl/N-ethyl adjacent to an activating group) is 1. The van der Waals surface area contributed by atoms with Gasteiger partial charge in [-0.25, -0.2) is 4.39 Å². The van der Waals surface area contributed by atoms with E-state index in [9.17, 15) is 4.39 Å². The van der Waals surface area contributed by atoms with Crippen LogP contribution in [0.4, 0.5) is 10.1 Å². The van der Waals surface area contributed by atoms with E-state index in [1.54, 1.807) is 6.07 Å². The smallest absolute Gasteiger partial charge is 0.144 e. The molecule has 162 valence electrons. The highest BCUT2D eigenvalue weighted by Crippen LogP contribution is 2.52. The maximum atomic E-state index is 14.5.